The van der Waals surface area contributed by atoms with Crippen LogP contribution in [0.25, 0.3) is 0 Å². The predicted octanol–water partition coefficient (Wildman–Crippen LogP) is 2.99. The summed E-state index contributed by atoms with van der Waals surface area (Å²) in [6.07, 6.45) is 2.10. The van der Waals surface area contributed by atoms with Crippen molar-refractivity contribution in [3.05, 3.63) is 23.8 Å². The second kappa shape index (κ2) is 7.39. The van der Waals surface area contributed by atoms with Crippen molar-refractivity contribution in [1.29, 1.82) is 0 Å². The second-order valence-corrected chi connectivity index (χ2v) is 9.43. The van der Waals surface area contributed by atoms with Crippen LogP contribution in [0.3, 0.4) is 0 Å². The lowest BCUT2D eigenvalue weighted by Crippen LogP contribution is -2.41. The van der Waals surface area contributed by atoms with E-state index in [0.717, 1.165) is 42.8 Å². The highest BCUT2D eigenvalue weighted by molar-refractivity contribution is 6.62. The van der Waals surface area contributed by atoms with Crippen molar-refractivity contribution in [2.45, 2.75) is 71.1 Å². The first kappa shape index (κ1) is 20.7. The molecule has 150 valence electrons. The molecule has 0 saturated carbocycles. The van der Waals surface area contributed by atoms with Crippen LogP contribution in [0.15, 0.2) is 18.2 Å². The molecule has 2 aliphatic rings. The van der Waals surface area contributed by atoms with E-state index in [1.54, 1.807) is 0 Å². The average molecular weight is 375 g/mol. The highest BCUT2D eigenvalue weighted by Crippen LogP contribution is 2.37. The maximum absolute atomic E-state index is 6.46. The fourth-order valence-corrected chi connectivity index (χ4v) is 3.42. The Morgan fingerprint density at radius 3 is 2.26 bits per heavy atom. The summed E-state index contributed by atoms with van der Waals surface area (Å²) in [4.78, 5) is 0. The van der Waals surface area contributed by atoms with Crippen LogP contribution >= 0.6 is 0 Å². The molecule has 2 fully saturated rings. The number of benzene rings is 1. The molecule has 2 saturated heterocycles. The molecule has 0 amide bonds. The molecular weight excluding hydrogens is 341 g/mol. The molecule has 3 rings (SSSR count). The van der Waals surface area contributed by atoms with Gasteiger partial charge in [0.2, 0.25) is 0 Å². The standard InChI is InChI=1S/C21H34BNO4/c1-19(2,23)17-13-16(22-26-20(3,4)21(5,6)27-22)7-8-18(17)25-14-15-9-11-24-12-10-15/h7-8,13,15H,9-12,14,23H2,1-6H3. The maximum Gasteiger partial charge on any atom is 0.494 e. The highest BCUT2D eigenvalue weighted by atomic mass is 16.7. The Balaban J connectivity index is 1.80. The first-order valence-electron chi connectivity index (χ1n) is 9.99. The highest BCUT2D eigenvalue weighted by Gasteiger charge is 2.51. The van der Waals surface area contributed by atoms with Crippen molar-refractivity contribution in [3.63, 3.8) is 0 Å². The lowest BCUT2D eigenvalue weighted by Gasteiger charge is -2.32. The molecule has 0 aliphatic carbocycles. The third-order valence-electron chi connectivity index (χ3n) is 6.04. The molecule has 0 bridgehead atoms. The van der Waals surface area contributed by atoms with Gasteiger partial charge in [0.05, 0.1) is 17.8 Å². The SMILES string of the molecule is CC(C)(N)c1cc(B2OC(C)(C)C(C)(C)O2)ccc1OCC1CCOCC1. The number of hydrogen-bond donors (Lipinski definition) is 1. The summed E-state index contributed by atoms with van der Waals surface area (Å²) in [5, 5.41) is 0. The molecule has 5 nitrogen and oxygen atoms in total. The fourth-order valence-electron chi connectivity index (χ4n) is 3.42. The summed E-state index contributed by atoms with van der Waals surface area (Å²) in [5.41, 5.74) is 7.15. The molecule has 0 radical (unpaired) electrons. The third kappa shape index (κ3) is 4.50. The summed E-state index contributed by atoms with van der Waals surface area (Å²) in [6.45, 7) is 14.6. The van der Waals surface area contributed by atoms with Gasteiger partial charge in [0.25, 0.3) is 0 Å². The number of hydrogen-bond acceptors (Lipinski definition) is 5. The minimum Gasteiger partial charge on any atom is -0.493 e. The van der Waals surface area contributed by atoms with E-state index in [9.17, 15) is 0 Å². The Bertz CT molecular complexity index is 647. The van der Waals surface area contributed by atoms with E-state index in [0.29, 0.717) is 12.5 Å². The van der Waals surface area contributed by atoms with E-state index in [2.05, 4.69) is 33.8 Å². The van der Waals surface area contributed by atoms with Gasteiger partial charge in [0.15, 0.2) is 0 Å². The van der Waals surface area contributed by atoms with Gasteiger partial charge >= 0.3 is 7.12 Å². The summed E-state index contributed by atoms with van der Waals surface area (Å²) in [5.74, 6) is 1.38. The first-order chi connectivity index (χ1) is 12.5. The zero-order valence-corrected chi connectivity index (χ0v) is 17.6. The van der Waals surface area contributed by atoms with Gasteiger partial charge in [-0.15, -0.1) is 0 Å². The van der Waals surface area contributed by atoms with Gasteiger partial charge in [0, 0.05) is 24.3 Å². The quantitative estimate of drug-likeness (QED) is 0.802. The predicted molar refractivity (Wildman–Crippen MR) is 108 cm³/mol. The van der Waals surface area contributed by atoms with Gasteiger partial charge < -0.3 is 24.5 Å². The van der Waals surface area contributed by atoms with Crippen LogP contribution < -0.4 is 15.9 Å². The lowest BCUT2D eigenvalue weighted by atomic mass is 9.76. The van der Waals surface area contributed by atoms with Gasteiger partial charge in [0.1, 0.15) is 5.75 Å². The fraction of sp³-hybridized carbons (Fsp3) is 0.714. The lowest BCUT2D eigenvalue weighted by molar-refractivity contribution is 0.00578. The normalized spacial score (nSPS) is 22.9. The zero-order chi connectivity index (χ0) is 19.9. The van der Waals surface area contributed by atoms with E-state index in [-0.39, 0.29) is 11.2 Å². The molecule has 0 unspecified atom stereocenters. The smallest absolute Gasteiger partial charge is 0.493 e. The monoisotopic (exact) mass is 375 g/mol. The topological polar surface area (TPSA) is 62.9 Å². The van der Waals surface area contributed by atoms with Gasteiger partial charge in [-0.05, 0) is 71.8 Å². The summed E-state index contributed by atoms with van der Waals surface area (Å²) >= 11 is 0. The summed E-state index contributed by atoms with van der Waals surface area (Å²) in [6, 6.07) is 6.10. The largest absolute Gasteiger partial charge is 0.494 e. The second-order valence-electron chi connectivity index (χ2n) is 9.43. The molecule has 0 aromatic heterocycles. The Hall–Kier alpha value is -1.08. The zero-order valence-electron chi connectivity index (χ0n) is 17.6. The van der Waals surface area contributed by atoms with E-state index in [1.807, 2.05) is 26.0 Å². The molecule has 0 spiro atoms. The Labute approximate surface area is 164 Å². The minimum absolute atomic E-state index is 0.367. The van der Waals surface area contributed by atoms with Crippen LogP contribution in [0.1, 0.15) is 59.9 Å². The first-order valence-corrected chi connectivity index (χ1v) is 9.99. The van der Waals surface area contributed by atoms with E-state index < -0.39 is 12.7 Å². The molecule has 1 aromatic rings. The van der Waals surface area contributed by atoms with E-state index in [4.69, 9.17) is 24.5 Å². The molecule has 1 aromatic carbocycles. The van der Waals surface area contributed by atoms with Crippen LogP contribution in [0, 0.1) is 5.92 Å². The molecule has 2 N–H and O–H groups in total. The minimum atomic E-state index is -0.523. The Kier molecular flexibility index (Phi) is 5.66. The molecular formula is C21H34BNO4. The van der Waals surface area contributed by atoms with Crippen molar-refractivity contribution in [1.82, 2.24) is 0 Å². The van der Waals surface area contributed by atoms with Crippen LogP contribution in [-0.4, -0.2) is 38.1 Å². The van der Waals surface area contributed by atoms with E-state index in [1.165, 1.54) is 0 Å². The molecule has 6 heteroatoms. The Morgan fingerprint density at radius 2 is 1.70 bits per heavy atom. The van der Waals surface area contributed by atoms with Crippen molar-refractivity contribution >= 4 is 12.6 Å². The van der Waals surface area contributed by atoms with Gasteiger partial charge in [-0.25, -0.2) is 0 Å². The van der Waals surface area contributed by atoms with Gasteiger partial charge in [-0.3, -0.25) is 0 Å². The number of rotatable bonds is 5. The van der Waals surface area contributed by atoms with Crippen molar-refractivity contribution in [2.75, 3.05) is 19.8 Å². The molecule has 27 heavy (non-hydrogen) atoms. The maximum atomic E-state index is 6.46. The number of nitrogens with two attached hydrogens (primary N) is 1. The summed E-state index contributed by atoms with van der Waals surface area (Å²) in [7, 11) is -0.402. The average Bonchev–Trinajstić information content (AvgIpc) is 2.81. The Morgan fingerprint density at radius 1 is 1.11 bits per heavy atom. The van der Waals surface area contributed by atoms with Crippen LogP contribution in [0.5, 0.6) is 5.75 Å². The van der Waals surface area contributed by atoms with Crippen LogP contribution in [-0.2, 0) is 19.6 Å². The molecule has 2 aliphatic heterocycles. The van der Waals surface area contributed by atoms with Crippen molar-refractivity contribution in [3.8, 4) is 5.75 Å². The van der Waals surface area contributed by atoms with Gasteiger partial charge in [-0.2, -0.15) is 0 Å². The number of ether oxygens (including phenoxy) is 2. The molecule has 2 heterocycles. The third-order valence-corrected chi connectivity index (χ3v) is 6.04. The van der Waals surface area contributed by atoms with Crippen molar-refractivity contribution < 1.29 is 18.8 Å². The van der Waals surface area contributed by atoms with Gasteiger partial charge in [-0.1, -0.05) is 12.1 Å². The van der Waals surface area contributed by atoms with Crippen molar-refractivity contribution in [2.24, 2.45) is 11.7 Å². The summed E-state index contributed by atoms with van der Waals surface area (Å²) < 4.78 is 24.0. The van der Waals surface area contributed by atoms with E-state index >= 15 is 0 Å². The molecule has 0 atom stereocenters. The van der Waals surface area contributed by atoms with Crippen LogP contribution in [0.2, 0.25) is 0 Å². The van der Waals surface area contributed by atoms with Crippen LogP contribution in [0.4, 0.5) is 0 Å².